The molecular weight excluding hydrogens is 528 g/mol. The van der Waals surface area contributed by atoms with Crippen molar-refractivity contribution in [3.8, 4) is 21.6 Å². The molecule has 37 heavy (non-hydrogen) atoms. The molecule has 0 saturated heterocycles. The van der Waals surface area contributed by atoms with E-state index in [2.05, 4.69) is 16.4 Å². The molecule has 0 bridgehead atoms. The number of hydrogen-bond donors (Lipinski definition) is 0. The zero-order valence-corrected chi connectivity index (χ0v) is 24.6. The number of likely N-dealkylation sites (N-methyl/N-ethyl adjacent to an activating group) is 1. The second-order valence-corrected chi connectivity index (χ2v) is 14.1. The largest absolute Gasteiger partial charge is 0.464 e. The Morgan fingerprint density at radius 3 is 2.51 bits per heavy atom. The number of halogens is 1. The molecule has 2 aromatic heterocycles. The summed E-state index contributed by atoms with van der Waals surface area (Å²) in [6, 6.07) is 11.5. The van der Waals surface area contributed by atoms with E-state index in [0.29, 0.717) is 10.6 Å². The first kappa shape index (κ1) is 29.3. The molecule has 0 spiro atoms. The Kier molecular flexibility index (Phi) is 9.56. The van der Waals surface area contributed by atoms with Crippen LogP contribution in [0, 0.1) is 5.92 Å². The summed E-state index contributed by atoms with van der Waals surface area (Å²) in [5.74, 6) is -0.0380. The highest BCUT2D eigenvalue weighted by molar-refractivity contribution is 7.90. The topological polar surface area (TPSA) is 76.6 Å². The van der Waals surface area contributed by atoms with Gasteiger partial charge < -0.3 is 4.74 Å². The van der Waals surface area contributed by atoms with Crippen molar-refractivity contribution >= 4 is 38.7 Å². The Balaban J connectivity index is 1.77. The van der Waals surface area contributed by atoms with Crippen LogP contribution in [0.1, 0.15) is 39.0 Å². The number of esters is 1. The van der Waals surface area contributed by atoms with Crippen LogP contribution in [0.15, 0.2) is 48.0 Å². The molecular formula is C28H35ClN2O4S2. The zero-order chi connectivity index (χ0) is 27.4. The first-order valence-electron chi connectivity index (χ1n) is 12.1. The maximum atomic E-state index is 12.4. The van der Waals surface area contributed by atoms with Gasteiger partial charge in [0.05, 0.1) is 18.1 Å². The first-order valence-corrected chi connectivity index (χ1v) is 15.2. The number of rotatable bonds is 11. The fourth-order valence-electron chi connectivity index (χ4n) is 3.92. The lowest BCUT2D eigenvalue weighted by molar-refractivity contribution is -0.146. The molecule has 0 saturated carbocycles. The van der Waals surface area contributed by atoms with Gasteiger partial charge in [-0.2, -0.15) is 0 Å². The summed E-state index contributed by atoms with van der Waals surface area (Å²) in [5, 5.41) is 2.59. The van der Waals surface area contributed by atoms with E-state index in [1.54, 1.807) is 28.5 Å². The minimum Gasteiger partial charge on any atom is -0.464 e. The van der Waals surface area contributed by atoms with E-state index in [1.165, 1.54) is 0 Å². The molecule has 0 aliphatic rings. The Hall–Kier alpha value is -2.26. The van der Waals surface area contributed by atoms with E-state index in [-0.39, 0.29) is 36.5 Å². The van der Waals surface area contributed by atoms with Crippen LogP contribution < -0.4 is 0 Å². The zero-order valence-electron chi connectivity index (χ0n) is 22.2. The SMILES string of the molecule is CC(C)CS(=O)(=O)Cc1ccc(-c2cc(-c3ccnc(C(C)(C)COC(=O)CN(C)C)c3)cs2)c(Cl)c1. The smallest absolute Gasteiger partial charge is 0.320 e. The second kappa shape index (κ2) is 12.1. The minimum absolute atomic E-state index is 0.0130. The Bertz CT molecular complexity index is 1350. The predicted molar refractivity (Wildman–Crippen MR) is 153 cm³/mol. The number of aromatic nitrogens is 1. The van der Waals surface area contributed by atoms with Crippen LogP contribution in [-0.4, -0.2) is 57.3 Å². The van der Waals surface area contributed by atoms with E-state index in [0.717, 1.165) is 27.3 Å². The first-order chi connectivity index (χ1) is 17.3. The Morgan fingerprint density at radius 1 is 1.14 bits per heavy atom. The molecule has 0 fully saturated rings. The van der Waals surface area contributed by atoms with Gasteiger partial charge in [0.1, 0.15) is 6.61 Å². The quantitative estimate of drug-likeness (QED) is 0.263. The number of benzene rings is 1. The fourth-order valence-corrected chi connectivity index (χ4v) is 7.06. The number of sulfone groups is 1. The number of carbonyl (C=O) groups is 1. The van der Waals surface area contributed by atoms with Crippen molar-refractivity contribution in [1.82, 2.24) is 9.88 Å². The van der Waals surface area contributed by atoms with E-state index < -0.39 is 15.3 Å². The molecule has 2 heterocycles. The molecule has 1 aromatic carbocycles. The summed E-state index contributed by atoms with van der Waals surface area (Å²) in [6.07, 6.45) is 1.77. The molecule has 3 aromatic rings. The van der Waals surface area contributed by atoms with Gasteiger partial charge in [-0.25, -0.2) is 8.42 Å². The Morgan fingerprint density at radius 2 is 1.86 bits per heavy atom. The molecule has 0 N–H and O–H groups in total. The maximum absolute atomic E-state index is 12.4. The summed E-state index contributed by atoms with van der Waals surface area (Å²) in [5.41, 5.74) is 3.98. The van der Waals surface area contributed by atoms with Crippen LogP contribution in [0.4, 0.5) is 0 Å². The lowest BCUT2D eigenvalue weighted by Gasteiger charge is -2.24. The minimum atomic E-state index is -3.18. The molecule has 3 rings (SSSR count). The number of hydrogen-bond acceptors (Lipinski definition) is 7. The van der Waals surface area contributed by atoms with Gasteiger partial charge in [0.15, 0.2) is 9.84 Å². The Labute approximate surface area is 229 Å². The third-order valence-electron chi connectivity index (χ3n) is 5.70. The highest BCUT2D eigenvalue weighted by Crippen LogP contribution is 2.37. The maximum Gasteiger partial charge on any atom is 0.320 e. The highest BCUT2D eigenvalue weighted by atomic mass is 35.5. The number of ether oxygens (including phenoxy) is 1. The molecule has 200 valence electrons. The summed E-state index contributed by atoms with van der Waals surface area (Å²) in [6.45, 7) is 8.28. The summed E-state index contributed by atoms with van der Waals surface area (Å²) < 4.78 is 30.2. The van der Waals surface area contributed by atoms with Crippen molar-refractivity contribution in [2.45, 2.75) is 38.9 Å². The van der Waals surface area contributed by atoms with Gasteiger partial charge in [-0.1, -0.05) is 51.4 Å². The van der Waals surface area contributed by atoms with Crippen LogP contribution in [0.3, 0.4) is 0 Å². The molecule has 0 radical (unpaired) electrons. The van der Waals surface area contributed by atoms with Crippen molar-refractivity contribution in [3.63, 3.8) is 0 Å². The summed E-state index contributed by atoms with van der Waals surface area (Å²) in [7, 11) is 0.469. The highest BCUT2D eigenvalue weighted by Gasteiger charge is 2.25. The third-order valence-corrected chi connectivity index (χ3v) is 8.92. The van der Waals surface area contributed by atoms with Gasteiger partial charge in [-0.15, -0.1) is 11.3 Å². The van der Waals surface area contributed by atoms with Gasteiger partial charge in [0.25, 0.3) is 0 Å². The average molecular weight is 563 g/mol. The van der Waals surface area contributed by atoms with Crippen molar-refractivity contribution < 1.29 is 17.9 Å². The van der Waals surface area contributed by atoms with E-state index in [4.69, 9.17) is 16.3 Å². The van der Waals surface area contributed by atoms with E-state index in [9.17, 15) is 13.2 Å². The van der Waals surface area contributed by atoms with Gasteiger partial charge in [0.2, 0.25) is 0 Å². The summed E-state index contributed by atoms with van der Waals surface area (Å²) >= 11 is 8.16. The number of thiophene rings is 1. The average Bonchev–Trinajstić information content (AvgIpc) is 3.26. The lowest BCUT2D eigenvalue weighted by Crippen LogP contribution is -2.31. The van der Waals surface area contributed by atoms with Gasteiger partial charge in [-0.3, -0.25) is 14.7 Å². The molecule has 0 aliphatic carbocycles. The van der Waals surface area contributed by atoms with Crippen LogP contribution in [0.2, 0.25) is 5.02 Å². The molecule has 0 unspecified atom stereocenters. The van der Waals surface area contributed by atoms with E-state index >= 15 is 0 Å². The number of carbonyl (C=O) groups excluding carboxylic acids is 1. The van der Waals surface area contributed by atoms with E-state index in [1.807, 2.05) is 66.1 Å². The van der Waals surface area contributed by atoms with Crippen molar-refractivity contribution in [1.29, 1.82) is 0 Å². The molecule has 0 atom stereocenters. The normalized spacial score (nSPS) is 12.4. The lowest BCUT2D eigenvalue weighted by atomic mass is 9.88. The number of nitrogens with zero attached hydrogens (tertiary/aromatic N) is 2. The van der Waals surface area contributed by atoms with Gasteiger partial charge in [0, 0.05) is 32.8 Å². The molecule has 9 heteroatoms. The summed E-state index contributed by atoms with van der Waals surface area (Å²) in [4.78, 5) is 19.3. The standard InChI is InChI=1S/C28H35ClN2O4S2/c1-19(2)16-37(33,34)17-20-7-8-23(24(29)11-20)25-12-22(15-36-25)21-9-10-30-26(13-21)28(3,4)18-35-27(32)14-31(5)6/h7-13,15,19H,14,16-18H2,1-6H3. The van der Waals surface area contributed by atoms with Crippen molar-refractivity contribution in [2.75, 3.05) is 33.0 Å². The van der Waals surface area contributed by atoms with Crippen LogP contribution in [-0.2, 0) is 30.5 Å². The van der Waals surface area contributed by atoms with Gasteiger partial charge >= 0.3 is 5.97 Å². The van der Waals surface area contributed by atoms with Gasteiger partial charge in [-0.05, 0) is 66.3 Å². The monoisotopic (exact) mass is 562 g/mol. The predicted octanol–water partition coefficient (Wildman–Crippen LogP) is 6.08. The molecule has 6 nitrogen and oxygen atoms in total. The van der Waals surface area contributed by atoms with Crippen molar-refractivity contribution in [3.05, 3.63) is 64.3 Å². The fraction of sp³-hybridized carbons (Fsp3) is 0.429. The van der Waals surface area contributed by atoms with Crippen LogP contribution in [0.25, 0.3) is 21.6 Å². The second-order valence-electron chi connectivity index (χ2n) is 10.7. The molecule has 0 amide bonds. The number of pyridine rings is 1. The third kappa shape index (κ3) is 8.37. The molecule has 0 aliphatic heterocycles. The van der Waals surface area contributed by atoms with Crippen molar-refractivity contribution in [2.24, 2.45) is 5.92 Å². The van der Waals surface area contributed by atoms with Crippen LogP contribution in [0.5, 0.6) is 0 Å². The van der Waals surface area contributed by atoms with Crippen LogP contribution >= 0.6 is 22.9 Å².